The van der Waals surface area contributed by atoms with Crippen molar-refractivity contribution in [2.24, 2.45) is 0 Å². The average Bonchev–Trinajstić information content (AvgIpc) is 3.20. The number of hydrogen-bond acceptors (Lipinski definition) is 9. The number of nitrogens with zero attached hydrogens (tertiary/aromatic N) is 5. The normalized spacial score (nSPS) is 15.7. The Morgan fingerprint density at radius 2 is 2.24 bits per heavy atom. The Hall–Kier alpha value is -2.04. The van der Waals surface area contributed by atoms with Gasteiger partial charge in [-0.15, -0.1) is 0 Å². The van der Waals surface area contributed by atoms with E-state index in [1.54, 1.807) is 0 Å². The number of aromatic nitrogens is 2. The summed E-state index contributed by atoms with van der Waals surface area (Å²) in [5.41, 5.74) is 3.13. The Bertz CT molecular complexity index is 635. The summed E-state index contributed by atoms with van der Waals surface area (Å²) in [6.07, 6.45) is 2.37. The van der Waals surface area contributed by atoms with Crippen molar-refractivity contribution in [1.82, 2.24) is 19.5 Å². The van der Waals surface area contributed by atoms with Crippen molar-refractivity contribution in [2.75, 3.05) is 25.6 Å². The molecule has 0 unspecified atom stereocenters. The maximum Gasteiger partial charge on any atom is 0.433 e. The van der Waals surface area contributed by atoms with Crippen molar-refractivity contribution < 1.29 is 9.34 Å². The maximum absolute atomic E-state index is 10.6. The highest BCUT2D eigenvalue weighted by molar-refractivity contribution is 7.09. The molecule has 3 rings (SSSR count). The minimum Gasteiger partial charge on any atom is -0.397 e. The van der Waals surface area contributed by atoms with Crippen molar-refractivity contribution in [3.05, 3.63) is 22.2 Å². The highest BCUT2D eigenvalue weighted by Gasteiger charge is 2.19. The Balaban J connectivity index is 1.69. The molecule has 0 amide bonds. The SMILES string of the molecule is CN(Nc1nc(-c2ccc([N+](=O)[O-])o2)ns1)N1CCCC1. The molecule has 3 heterocycles. The molecule has 1 N–H and O–H groups in total. The largest absolute Gasteiger partial charge is 0.433 e. The highest BCUT2D eigenvalue weighted by atomic mass is 32.1. The van der Waals surface area contributed by atoms with Crippen LogP contribution < -0.4 is 5.43 Å². The maximum atomic E-state index is 10.6. The van der Waals surface area contributed by atoms with Gasteiger partial charge in [-0.1, -0.05) is 0 Å². The van der Waals surface area contributed by atoms with Gasteiger partial charge in [0.15, 0.2) is 5.76 Å². The number of nitrogens with one attached hydrogen (secondary N) is 1. The van der Waals surface area contributed by atoms with Gasteiger partial charge in [0.1, 0.15) is 4.92 Å². The van der Waals surface area contributed by atoms with Crippen LogP contribution in [0.5, 0.6) is 0 Å². The van der Waals surface area contributed by atoms with E-state index >= 15 is 0 Å². The lowest BCUT2D eigenvalue weighted by molar-refractivity contribution is -0.401. The zero-order valence-electron chi connectivity index (χ0n) is 11.4. The van der Waals surface area contributed by atoms with Crippen molar-refractivity contribution >= 4 is 22.5 Å². The summed E-state index contributed by atoms with van der Waals surface area (Å²) in [5, 5.41) is 15.3. The van der Waals surface area contributed by atoms with Gasteiger partial charge >= 0.3 is 5.88 Å². The Morgan fingerprint density at radius 1 is 1.48 bits per heavy atom. The molecule has 0 aromatic carbocycles. The number of rotatable bonds is 5. The van der Waals surface area contributed by atoms with Gasteiger partial charge in [-0.2, -0.15) is 14.5 Å². The van der Waals surface area contributed by atoms with E-state index in [1.807, 2.05) is 12.2 Å². The minimum absolute atomic E-state index is 0.287. The highest BCUT2D eigenvalue weighted by Crippen LogP contribution is 2.26. The quantitative estimate of drug-likeness (QED) is 0.661. The van der Waals surface area contributed by atoms with Gasteiger partial charge in [0, 0.05) is 31.7 Å². The van der Waals surface area contributed by atoms with Crippen LogP contribution >= 0.6 is 11.5 Å². The monoisotopic (exact) mass is 310 g/mol. The number of hydrogen-bond donors (Lipinski definition) is 1. The number of nitro groups is 1. The van der Waals surface area contributed by atoms with Crippen LogP contribution in [-0.2, 0) is 0 Å². The van der Waals surface area contributed by atoms with Gasteiger partial charge in [-0.05, 0) is 18.9 Å². The third-order valence-corrected chi connectivity index (χ3v) is 3.80. The molecule has 0 bridgehead atoms. The van der Waals surface area contributed by atoms with Crippen molar-refractivity contribution in [1.29, 1.82) is 0 Å². The summed E-state index contributed by atoms with van der Waals surface area (Å²) in [4.78, 5) is 14.3. The van der Waals surface area contributed by atoms with E-state index in [0.717, 1.165) is 13.1 Å². The first-order chi connectivity index (χ1) is 10.1. The predicted octanol–water partition coefficient (Wildman–Crippen LogP) is 1.98. The molecule has 0 saturated carbocycles. The van der Waals surface area contributed by atoms with E-state index in [2.05, 4.69) is 19.8 Å². The van der Waals surface area contributed by atoms with Gasteiger partial charge in [0.25, 0.3) is 0 Å². The van der Waals surface area contributed by atoms with E-state index in [-0.39, 0.29) is 11.6 Å². The third-order valence-electron chi connectivity index (χ3n) is 3.18. The molecule has 0 spiro atoms. The molecule has 21 heavy (non-hydrogen) atoms. The number of anilines is 1. The first kappa shape index (κ1) is 13.9. The molecule has 9 nitrogen and oxygen atoms in total. The van der Waals surface area contributed by atoms with Crippen LogP contribution in [0.25, 0.3) is 11.6 Å². The Kier molecular flexibility index (Phi) is 3.82. The molecule has 2 aromatic rings. The first-order valence-electron chi connectivity index (χ1n) is 6.47. The van der Waals surface area contributed by atoms with E-state index in [0.29, 0.717) is 11.0 Å². The van der Waals surface area contributed by atoms with Crippen LogP contribution in [-0.4, -0.2) is 44.5 Å². The summed E-state index contributed by atoms with van der Waals surface area (Å²) in [6.45, 7) is 2.03. The number of furan rings is 1. The molecule has 10 heteroatoms. The number of hydrazine groups is 2. The molecular formula is C11H14N6O3S. The summed E-state index contributed by atoms with van der Waals surface area (Å²) in [7, 11) is 1.92. The molecule has 2 aromatic heterocycles. The van der Waals surface area contributed by atoms with Crippen LogP contribution in [0, 0.1) is 10.1 Å². The van der Waals surface area contributed by atoms with Gasteiger partial charge in [-0.25, -0.2) is 5.01 Å². The zero-order valence-corrected chi connectivity index (χ0v) is 12.2. The zero-order chi connectivity index (χ0) is 14.8. The molecule has 1 saturated heterocycles. The fourth-order valence-corrected chi connectivity index (χ4v) is 2.73. The van der Waals surface area contributed by atoms with Gasteiger partial charge in [0.2, 0.25) is 11.0 Å². The second-order valence-electron chi connectivity index (χ2n) is 4.61. The van der Waals surface area contributed by atoms with Crippen LogP contribution in [0.2, 0.25) is 0 Å². The summed E-state index contributed by atoms with van der Waals surface area (Å²) in [5.74, 6) is 0.309. The molecule has 0 aliphatic carbocycles. The molecule has 1 aliphatic rings. The van der Waals surface area contributed by atoms with Gasteiger partial charge < -0.3 is 4.42 Å². The Morgan fingerprint density at radius 3 is 2.90 bits per heavy atom. The Labute approximate surface area is 124 Å². The third kappa shape index (κ3) is 3.01. The summed E-state index contributed by atoms with van der Waals surface area (Å²) < 4.78 is 9.23. The van der Waals surface area contributed by atoms with Crippen molar-refractivity contribution in [3.63, 3.8) is 0 Å². The molecule has 0 radical (unpaired) electrons. The fourth-order valence-electron chi connectivity index (χ4n) is 2.12. The molecule has 1 fully saturated rings. The summed E-state index contributed by atoms with van der Waals surface area (Å²) in [6, 6.07) is 2.79. The smallest absolute Gasteiger partial charge is 0.397 e. The fraction of sp³-hybridized carbons (Fsp3) is 0.455. The van der Waals surface area contributed by atoms with Crippen LogP contribution in [0.1, 0.15) is 12.8 Å². The van der Waals surface area contributed by atoms with E-state index < -0.39 is 4.92 Å². The second-order valence-corrected chi connectivity index (χ2v) is 5.37. The van der Waals surface area contributed by atoms with Crippen LogP contribution in [0.3, 0.4) is 0 Å². The summed E-state index contributed by atoms with van der Waals surface area (Å²) >= 11 is 1.18. The van der Waals surface area contributed by atoms with E-state index in [9.17, 15) is 10.1 Å². The predicted molar refractivity (Wildman–Crippen MR) is 76.5 cm³/mol. The first-order valence-corrected chi connectivity index (χ1v) is 7.24. The lowest BCUT2D eigenvalue weighted by atomic mass is 10.4. The van der Waals surface area contributed by atoms with Gasteiger partial charge in [0.05, 0.1) is 6.07 Å². The van der Waals surface area contributed by atoms with Crippen LogP contribution in [0.4, 0.5) is 11.0 Å². The van der Waals surface area contributed by atoms with Crippen molar-refractivity contribution in [2.45, 2.75) is 12.8 Å². The molecular weight excluding hydrogens is 296 g/mol. The second kappa shape index (κ2) is 5.76. The van der Waals surface area contributed by atoms with Crippen molar-refractivity contribution in [3.8, 4) is 11.6 Å². The lowest BCUT2D eigenvalue weighted by Crippen LogP contribution is -2.41. The topological polar surface area (TPSA) is 101 Å². The standard InChI is InChI=1S/C11H14N6O3S/c1-15(16-6-2-3-7-16)13-11-12-10(14-21-11)8-4-5-9(20-8)17(18)19/h4-5H,2-3,6-7H2,1H3,(H,12,13,14). The molecule has 0 atom stereocenters. The molecule has 1 aliphatic heterocycles. The lowest BCUT2D eigenvalue weighted by Gasteiger charge is -2.27. The van der Waals surface area contributed by atoms with E-state index in [1.165, 1.54) is 36.5 Å². The van der Waals surface area contributed by atoms with E-state index in [4.69, 9.17) is 4.42 Å². The average molecular weight is 310 g/mol. The van der Waals surface area contributed by atoms with Gasteiger partial charge in [-0.3, -0.25) is 15.5 Å². The minimum atomic E-state index is -0.587. The van der Waals surface area contributed by atoms with Crippen LogP contribution in [0.15, 0.2) is 16.5 Å². The molecule has 112 valence electrons.